The Morgan fingerprint density at radius 3 is 2.57 bits per heavy atom. The topological polar surface area (TPSA) is 72.9 Å². The number of hydrogen-bond donors (Lipinski definition) is 1. The van der Waals surface area contributed by atoms with E-state index < -0.39 is 5.66 Å². The van der Waals surface area contributed by atoms with E-state index in [1.54, 1.807) is 0 Å². The number of amidine groups is 1. The molecule has 1 unspecified atom stereocenters. The van der Waals surface area contributed by atoms with Crippen LogP contribution in [0.25, 0.3) is 11.1 Å². The Balaban J connectivity index is 1.66. The number of methoxy groups -OCH3 is 1. The number of hydrogen-bond acceptors (Lipinski definition) is 5. The predicted molar refractivity (Wildman–Crippen MR) is 121 cm³/mol. The van der Waals surface area contributed by atoms with E-state index in [1.165, 1.54) is 16.7 Å². The molecule has 1 aromatic heterocycles. The van der Waals surface area contributed by atoms with Gasteiger partial charge in [-0.2, -0.15) is 0 Å². The summed E-state index contributed by atoms with van der Waals surface area (Å²) in [6, 6.07) is 8.97. The molecule has 1 atom stereocenters. The highest BCUT2D eigenvalue weighted by Gasteiger charge is 2.60. The summed E-state index contributed by atoms with van der Waals surface area (Å²) < 4.78 is 5.67. The molecule has 2 heterocycles. The van der Waals surface area contributed by atoms with Crippen LogP contribution < -0.4 is 5.73 Å². The number of aromatic nitrogens is 1. The molecule has 5 heteroatoms. The van der Waals surface area contributed by atoms with Gasteiger partial charge in [-0.1, -0.05) is 19.1 Å². The van der Waals surface area contributed by atoms with Crippen LogP contribution in [0.5, 0.6) is 0 Å². The molecular formula is C25H30N4O. The normalized spacial score (nSPS) is 29.9. The van der Waals surface area contributed by atoms with Crippen LogP contribution in [0.4, 0.5) is 0 Å². The number of pyridine rings is 1. The van der Waals surface area contributed by atoms with Crippen LogP contribution in [-0.2, 0) is 16.8 Å². The van der Waals surface area contributed by atoms with Crippen molar-refractivity contribution in [3.05, 3.63) is 53.3 Å². The van der Waals surface area contributed by atoms with Crippen LogP contribution in [0.1, 0.15) is 55.7 Å². The maximum atomic E-state index is 6.40. The molecule has 0 bridgehead atoms. The molecule has 1 aromatic carbocycles. The molecule has 0 saturated heterocycles. The largest absolute Gasteiger partial charge is 0.382 e. The number of ether oxygens (including phenoxy) is 1. The van der Waals surface area contributed by atoms with Gasteiger partial charge in [-0.15, -0.1) is 0 Å². The fourth-order valence-electron chi connectivity index (χ4n) is 5.76. The Morgan fingerprint density at radius 2 is 1.90 bits per heavy atom. The molecule has 30 heavy (non-hydrogen) atoms. The van der Waals surface area contributed by atoms with E-state index in [0.29, 0.717) is 11.9 Å². The van der Waals surface area contributed by atoms with Gasteiger partial charge in [-0.3, -0.25) is 9.98 Å². The second kappa shape index (κ2) is 7.02. The van der Waals surface area contributed by atoms with E-state index in [1.807, 2.05) is 19.5 Å². The van der Waals surface area contributed by atoms with Crippen LogP contribution in [0.3, 0.4) is 0 Å². The van der Waals surface area contributed by atoms with Crippen molar-refractivity contribution in [2.24, 2.45) is 21.1 Å². The summed E-state index contributed by atoms with van der Waals surface area (Å²) in [7, 11) is 1.82. The number of rotatable bonds is 3. The molecule has 5 nitrogen and oxygen atoms in total. The van der Waals surface area contributed by atoms with Gasteiger partial charge in [0.2, 0.25) is 0 Å². The lowest BCUT2D eigenvalue weighted by Gasteiger charge is -2.44. The fourth-order valence-corrected chi connectivity index (χ4v) is 5.76. The lowest BCUT2D eigenvalue weighted by atomic mass is 9.65. The van der Waals surface area contributed by atoms with Crippen molar-refractivity contribution in [3.63, 3.8) is 0 Å². The van der Waals surface area contributed by atoms with Crippen molar-refractivity contribution in [1.29, 1.82) is 0 Å². The van der Waals surface area contributed by atoms with Crippen LogP contribution in [0, 0.1) is 12.3 Å². The summed E-state index contributed by atoms with van der Waals surface area (Å²) in [6.45, 7) is 4.19. The SMILES string of the molecule is CCC1=NC2(N=C1N)c1cc(-c3cncc(C)c3)ccc1C[C@]21CC[C@@H](OC)CC1. The Hall–Kier alpha value is -2.53. The van der Waals surface area contributed by atoms with Crippen molar-refractivity contribution < 1.29 is 4.74 Å². The average Bonchev–Trinajstić information content (AvgIpc) is 3.23. The molecule has 2 spiro atoms. The standard InChI is InChI=1S/C25H30N4O/c1-4-22-23(26)29-25(28-22)21-12-17(19-11-16(2)14-27-15-19)5-6-18(21)13-24(25)9-7-20(30-3)8-10-24/h5-6,11-12,14-15,20H,4,7-10,13H2,1-3H3,(H2,26,29)/t20-,24-,25?. The molecule has 1 fully saturated rings. The van der Waals surface area contributed by atoms with E-state index in [-0.39, 0.29) is 5.41 Å². The highest BCUT2D eigenvalue weighted by molar-refractivity contribution is 6.42. The van der Waals surface area contributed by atoms with Gasteiger partial charge in [0.25, 0.3) is 0 Å². The average molecular weight is 403 g/mol. The number of nitrogens with zero attached hydrogens (tertiary/aromatic N) is 3. The van der Waals surface area contributed by atoms with E-state index in [2.05, 4.69) is 43.1 Å². The quantitative estimate of drug-likeness (QED) is 0.818. The number of aliphatic imine (C=N–C) groups is 2. The van der Waals surface area contributed by atoms with Gasteiger partial charge in [-0.05, 0) is 74.3 Å². The maximum Gasteiger partial charge on any atom is 0.184 e. The first-order valence-corrected chi connectivity index (χ1v) is 11.0. The van der Waals surface area contributed by atoms with Crippen molar-refractivity contribution >= 4 is 11.5 Å². The molecule has 156 valence electrons. The minimum absolute atomic E-state index is 0.0185. The molecule has 2 aromatic rings. The van der Waals surface area contributed by atoms with Crippen LogP contribution in [-0.4, -0.2) is 29.7 Å². The van der Waals surface area contributed by atoms with Crippen LogP contribution in [0.15, 0.2) is 46.6 Å². The van der Waals surface area contributed by atoms with Crippen LogP contribution in [0.2, 0.25) is 0 Å². The Labute approximate surface area is 178 Å². The van der Waals surface area contributed by atoms with E-state index >= 15 is 0 Å². The van der Waals surface area contributed by atoms with Gasteiger partial charge >= 0.3 is 0 Å². The summed E-state index contributed by atoms with van der Waals surface area (Å²) in [5.74, 6) is 0.612. The third kappa shape index (κ3) is 2.75. The molecule has 0 amide bonds. The zero-order chi connectivity index (χ0) is 20.9. The van der Waals surface area contributed by atoms with Gasteiger partial charge in [0.1, 0.15) is 5.84 Å². The lowest BCUT2D eigenvalue weighted by molar-refractivity contribution is -0.000389. The van der Waals surface area contributed by atoms with Crippen molar-refractivity contribution in [3.8, 4) is 11.1 Å². The van der Waals surface area contributed by atoms with Crippen LogP contribution >= 0.6 is 0 Å². The van der Waals surface area contributed by atoms with Gasteiger partial charge in [0, 0.05) is 36.0 Å². The maximum absolute atomic E-state index is 6.40. The van der Waals surface area contributed by atoms with Gasteiger partial charge in [0.15, 0.2) is 5.66 Å². The summed E-state index contributed by atoms with van der Waals surface area (Å²) in [6.07, 6.45) is 10.2. The summed E-state index contributed by atoms with van der Waals surface area (Å²) >= 11 is 0. The summed E-state index contributed by atoms with van der Waals surface area (Å²) in [5.41, 5.74) is 12.8. The predicted octanol–water partition coefficient (Wildman–Crippen LogP) is 4.56. The van der Waals surface area contributed by atoms with Gasteiger partial charge in [-0.25, -0.2) is 4.99 Å². The summed E-state index contributed by atoms with van der Waals surface area (Å²) in [5, 5.41) is 0. The number of benzene rings is 1. The van der Waals surface area contributed by atoms with Gasteiger partial charge < -0.3 is 10.5 Å². The van der Waals surface area contributed by atoms with Crippen molar-refractivity contribution in [2.75, 3.05) is 7.11 Å². The highest BCUT2D eigenvalue weighted by atomic mass is 16.5. The molecule has 2 N–H and O–H groups in total. The second-order valence-corrected chi connectivity index (χ2v) is 9.10. The third-order valence-corrected chi connectivity index (χ3v) is 7.39. The molecule has 2 aliphatic carbocycles. The first-order chi connectivity index (χ1) is 14.5. The van der Waals surface area contributed by atoms with Crippen molar-refractivity contribution in [2.45, 2.75) is 64.1 Å². The minimum atomic E-state index is -0.594. The monoisotopic (exact) mass is 402 g/mol. The minimum Gasteiger partial charge on any atom is -0.382 e. The summed E-state index contributed by atoms with van der Waals surface area (Å²) in [4.78, 5) is 14.8. The molecule has 3 aliphatic rings. The van der Waals surface area contributed by atoms with E-state index in [0.717, 1.165) is 55.4 Å². The molecular weight excluding hydrogens is 372 g/mol. The molecule has 1 aliphatic heterocycles. The van der Waals surface area contributed by atoms with E-state index in [4.69, 9.17) is 20.5 Å². The molecule has 5 rings (SSSR count). The Bertz CT molecular complexity index is 1050. The second-order valence-electron chi connectivity index (χ2n) is 9.10. The Morgan fingerprint density at radius 1 is 1.10 bits per heavy atom. The third-order valence-electron chi connectivity index (χ3n) is 7.39. The fraction of sp³-hybridized carbons (Fsp3) is 0.480. The smallest absolute Gasteiger partial charge is 0.184 e. The first kappa shape index (κ1) is 19.4. The highest BCUT2D eigenvalue weighted by Crippen LogP contribution is 2.62. The molecule has 0 radical (unpaired) electrons. The zero-order valence-corrected chi connectivity index (χ0v) is 18.1. The molecule has 1 saturated carbocycles. The number of fused-ring (bicyclic) bond motifs is 3. The van der Waals surface area contributed by atoms with Gasteiger partial charge in [0.05, 0.1) is 11.8 Å². The zero-order valence-electron chi connectivity index (χ0n) is 18.1. The number of nitrogens with two attached hydrogens (primary N) is 1. The van der Waals surface area contributed by atoms with Crippen molar-refractivity contribution in [1.82, 2.24) is 4.98 Å². The lowest BCUT2D eigenvalue weighted by Crippen LogP contribution is -2.43. The number of aryl methyl sites for hydroxylation is 1. The Kier molecular flexibility index (Phi) is 4.55. The first-order valence-electron chi connectivity index (χ1n) is 11.0. The van der Waals surface area contributed by atoms with E-state index in [9.17, 15) is 0 Å².